The molecule has 0 aliphatic carbocycles. The van der Waals surface area contributed by atoms with E-state index in [0.29, 0.717) is 17.2 Å². The Morgan fingerprint density at radius 1 is 1.13 bits per heavy atom. The zero-order chi connectivity index (χ0) is 16.8. The standard InChI is InChI=1S/C21H24O2/c1-5-15(2)18-10-12-19(13-11-18)17(4)23-14-21(22)20-9-7-6-8-16(20)3/h6-13,15H,4-5,14H2,1-3H3. The van der Waals surface area contributed by atoms with E-state index in [1.165, 1.54) is 5.56 Å². The Kier molecular flexibility index (Phi) is 5.75. The molecule has 2 aromatic rings. The number of aryl methyl sites for hydroxylation is 1. The van der Waals surface area contributed by atoms with Gasteiger partial charge in [-0.05, 0) is 30.4 Å². The van der Waals surface area contributed by atoms with E-state index in [2.05, 4.69) is 32.6 Å². The van der Waals surface area contributed by atoms with Crippen LogP contribution in [-0.4, -0.2) is 12.4 Å². The van der Waals surface area contributed by atoms with Crippen LogP contribution in [0.1, 0.15) is 53.2 Å². The molecule has 23 heavy (non-hydrogen) atoms. The number of benzene rings is 2. The topological polar surface area (TPSA) is 26.3 Å². The molecule has 2 nitrogen and oxygen atoms in total. The first-order valence-electron chi connectivity index (χ1n) is 8.03. The molecule has 0 bridgehead atoms. The van der Waals surface area contributed by atoms with Crippen molar-refractivity contribution in [3.63, 3.8) is 0 Å². The molecule has 0 aliphatic heterocycles. The highest BCUT2D eigenvalue weighted by atomic mass is 16.5. The van der Waals surface area contributed by atoms with Crippen LogP contribution in [0.2, 0.25) is 0 Å². The minimum absolute atomic E-state index is 0.0107. The van der Waals surface area contributed by atoms with E-state index in [1.54, 1.807) is 0 Å². The average Bonchev–Trinajstić information content (AvgIpc) is 2.59. The fourth-order valence-corrected chi connectivity index (χ4v) is 2.43. The fraction of sp³-hybridized carbons (Fsp3) is 0.286. The number of hydrogen-bond donors (Lipinski definition) is 0. The lowest BCUT2D eigenvalue weighted by atomic mass is 9.97. The Labute approximate surface area is 138 Å². The van der Waals surface area contributed by atoms with Crippen LogP contribution in [0.3, 0.4) is 0 Å². The molecule has 0 aliphatic rings. The fourth-order valence-electron chi connectivity index (χ4n) is 2.43. The first-order chi connectivity index (χ1) is 11.0. The summed E-state index contributed by atoms with van der Waals surface area (Å²) >= 11 is 0. The number of hydrogen-bond acceptors (Lipinski definition) is 2. The summed E-state index contributed by atoms with van der Waals surface area (Å²) < 4.78 is 5.58. The highest BCUT2D eigenvalue weighted by Gasteiger charge is 2.10. The Morgan fingerprint density at radius 3 is 2.39 bits per heavy atom. The maximum Gasteiger partial charge on any atom is 0.200 e. The summed E-state index contributed by atoms with van der Waals surface area (Å²) in [6.45, 7) is 10.3. The molecule has 120 valence electrons. The molecular weight excluding hydrogens is 284 g/mol. The first-order valence-corrected chi connectivity index (χ1v) is 8.03. The van der Waals surface area contributed by atoms with Crippen LogP contribution in [0, 0.1) is 6.92 Å². The van der Waals surface area contributed by atoms with E-state index < -0.39 is 0 Å². The van der Waals surface area contributed by atoms with E-state index in [9.17, 15) is 4.79 Å². The number of ketones is 1. The van der Waals surface area contributed by atoms with Gasteiger partial charge < -0.3 is 4.74 Å². The monoisotopic (exact) mass is 308 g/mol. The SMILES string of the molecule is C=C(OCC(=O)c1ccccc1C)c1ccc(C(C)CC)cc1. The molecule has 0 saturated heterocycles. The molecule has 1 unspecified atom stereocenters. The maximum absolute atomic E-state index is 12.2. The molecule has 1 atom stereocenters. The van der Waals surface area contributed by atoms with Crippen LogP contribution in [0.15, 0.2) is 55.1 Å². The van der Waals surface area contributed by atoms with Crippen molar-refractivity contribution >= 4 is 11.5 Å². The lowest BCUT2D eigenvalue weighted by Crippen LogP contribution is -2.10. The lowest BCUT2D eigenvalue weighted by Gasteiger charge is -2.12. The van der Waals surface area contributed by atoms with E-state index >= 15 is 0 Å². The molecule has 0 amide bonds. The zero-order valence-corrected chi connectivity index (χ0v) is 14.1. The summed E-state index contributed by atoms with van der Waals surface area (Å²) in [4.78, 5) is 12.2. The van der Waals surface area contributed by atoms with Gasteiger partial charge in [0.05, 0.1) is 0 Å². The summed E-state index contributed by atoms with van der Waals surface area (Å²) in [5.41, 5.74) is 3.88. The van der Waals surface area contributed by atoms with E-state index in [-0.39, 0.29) is 12.4 Å². The van der Waals surface area contributed by atoms with Crippen LogP contribution in [-0.2, 0) is 4.74 Å². The Balaban J connectivity index is 1.97. The molecule has 2 rings (SSSR count). The number of carbonyl (C=O) groups is 1. The van der Waals surface area contributed by atoms with Crippen molar-refractivity contribution in [3.8, 4) is 0 Å². The summed E-state index contributed by atoms with van der Waals surface area (Å²) in [6.07, 6.45) is 1.11. The van der Waals surface area contributed by atoms with Crippen molar-refractivity contribution in [2.75, 3.05) is 6.61 Å². The van der Waals surface area contributed by atoms with Crippen LogP contribution >= 0.6 is 0 Å². The Morgan fingerprint density at radius 2 is 1.78 bits per heavy atom. The normalized spacial score (nSPS) is 11.8. The molecule has 0 spiro atoms. The molecule has 2 heteroatoms. The summed E-state index contributed by atoms with van der Waals surface area (Å²) in [6, 6.07) is 15.7. The van der Waals surface area contributed by atoms with Crippen molar-refractivity contribution in [3.05, 3.63) is 77.4 Å². The van der Waals surface area contributed by atoms with Gasteiger partial charge in [0.15, 0.2) is 12.4 Å². The van der Waals surface area contributed by atoms with Crippen molar-refractivity contribution in [2.45, 2.75) is 33.1 Å². The van der Waals surface area contributed by atoms with Crippen molar-refractivity contribution in [1.29, 1.82) is 0 Å². The third-order valence-corrected chi connectivity index (χ3v) is 4.24. The summed E-state index contributed by atoms with van der Waals surface area (Å²) in [7, 11) is 0. The van der Waals surface area contributed by atoms with E-state index in [0.717, 1.165) is 17.5 Å². The van der Waals surface area contributed by atoms with Gasteiger partial charge in [-0.1, -0.05) is 69.0 Å². The van der Waals surface area contributed by atoms with Crippen molar-refractivity contribution in [1.82, 2.24) is 0 Å². The maximum atomic E-state index is 12.2. The molecule has 0 aromatic heterocycles. The highest BCUT2D eigenvalue weighted by Crippen LogP contribution is 2.22. The Bertz CT molecular complexity index is 683. The predicted octanol–water partition coefficient (Wildman–Crippen LogP) is 5.38. The molecule has 0 saturated carbocycles. The smallest absolute Gasteiger partial charge is 0.200 e. The van der Waals surface area contributed by atoms with Crippen LogP contribution in [0.25, 0.3) is 5.76 Å². The average molecular weight is 308 g/mol. The minimum Gasteiger partial charge on any atom is -0.485 e. The molecule has 0 radical (unpaired) electrons. The van der Waals surface area contributed by atoms with Gasteiger partial charge in [-0.15, -0.1) is 0 Å². The predicted molar refractivity (Wildman–Crippen MR) is 95.6 cm³/mol. The van der Waals surface area contributed by atoms with Crippen LogP contribution in [0.5, 0.6) is 0 Å². The highest BCUT2D eigenvalue weighted by molar-refractivity contribution is 5.98. The Hall–Kier alpha value is -2.35. The van der Waals surface area contributed by atoms with Gasteiger partial charge in [0, 0.05) is 11.1 Å². The third kappa shape index (κ3) is 4.32. The number of Topliss-reactive ketones (excluding diaryl/α,β-unsaturated/α-hetero) is 1. The second-order valence-electron chi connectivity index (χ2n) is 5.88. The summed E-state index contributed by atoms with van der Waals surface area (Å²) in [5, 5.41) is 0. The van der Waals surface area contributed by atoms with Gasteiger partial charge in [0.2, 0.25) is 0 Å². The zero-order valence-electron chi connectivity index (χ0n) is 14.1. The lowest BCUT2D eigenvalue weighted by molar-refractivity contribution is 0.0901. The van der Waals surface area contributed by atoms with Gasteiger partial charge in [0.25, 0.3) is 0 Å². The van der Waals surface area contributed by atoms with Gasteiger partial charge in [-0.2, -0.15) is 0 Å². The number of rotatable bonds is 7. The third-order valence-electron chi connectivity index (χ3n) is 4.24. The summed E-state index contributed by atoms with van der Waals surface area (Å²) in [5.74, 6) is 1.05. The second-order valence-corrected chi connectivity index (χ2v) is 5.88. The molecule has 2 aromatic carbocycles. The van der Waals surface area contributed by atoms with Gasteiger partial charge in [-0.25, -0.2) is 0 Å². The van der Waals surface area contributed by atoms with Gasteiger partial charge in [0.1, 0.15) is 5.76 Å². The van der Waals surface area contributed by atoms with Crippen molar-refractivity contribution < 1.29 is 9.53 Å². The van der Waals surface area contributed by atoms with Crippen molar-refractivity contribution in [2.24, 2.45) is 0 Å². The van der Waals surface area contributed by atoms with E-state index in [4.69, 9.17) is 4.74 Å². The molecular formula is C21H24O2. The van der Waals surface area contributed by atoms with Crippen LogP contribution < -0.4 is 0 Å². The molecule has 0 heterocycles. The number of ether oxygens (including phenoxy) is 1. The first kappa shape index (κ1) is 17.0. The molecule has 0 N–H and O–H groups in total. The quantitative estimate of drug-likeness (QED) is 0.507. The largest absolute Gasteiger partial charge is 0.485 e. The van der Waals surface area contributed by atoms with Gasteiger partial charge in [-0.3, -0.25) is 4.79 Å². The second kappa shape index (κ2) is 7.77. The minimum atomic E-state index is -0.0273. The van der Waals surface area contributed by atoms with E-state index in [1.807, 2.05) is 43.3 Å². The molecule has 0 fully saturated rings. The number of carbonyl (C=O) groups excluding carboxylic acids is 1. The van der Waals surface area contributed by atoms with Crippen LogP contribution in [0.4, 0.5) is 0 Å². The van der Waals surface area contributed by atoms with Gasteiger partial charge >= 0.3 is 0 Å².